The summed E-state index contributed by atoms with van der Waals surface area (Å²) >= 11 is 0. The monoisotopic (exact) mass is 464 g/mol. The Bertz CT molecular complexity index is 1080. The van der Waals surface area contributed by atoms with Crippen molar-refractivity contribution in [2.24, 2.45) is 0 Å². The summed E-state index contributed by atoms with van der Waals surface area (Å²) < 4.78 is 52.9. The molecule has 1 fully saturated rings. The summed E-state index contributed by atoms with van der Waals surface area (Å²) in [5.41, 5.74) is 2.84. The fourth-order valence-electron chi connectivity index (χ4n) is 3.87. The topological polar surface area (TPSA) is 79.9 Å². The van der Waals surface area contributed by atoms with Gasteiger partial charge >= 0.3 is 0 Å². The Hall–Kier alpha value is -3.47. The number of alkyl halides is 3. The van der Waals surface area contributed by atoms with Gasteiger partial charge in [-0.05, 0) is 35.9 Å². The average Bonchev–Trinajstić information content (AvgIpc) is 3.30. The van der Waals surface area contributed by atoms with Crippen molar-refractivity contribution in [2.75, 3.05) is 46.8 Å². The summed E-state index contributed by atoms with van der Waals surface area (Å²) in [6, 6.07) is 8.37. The molecule has 2 aromatic carbocycles. The van der Waals surface area contributed by atoms with Gasteiger partial charge in [-0.15, -0.1) is 0 Å². The quantitative estimate of drug-likeness (QED) is 0.523. The van der Waals surface area contributed by atoms with E-state index in [9.17, 15) is 18.0 Å². The molecule has 1 saturated heterocycles. The number of nitrogens with one attached hydrogen (secondary N) is 1. The number of carbonyl (C=O) groups is 1. The number of nitrogens with zero attached hydrogens (tertiary/aromatic N) is 3. The first kappa shape index (κ1) is 22.7. The zero-order chi connectivity index (χ0) is 23.2. The molecule has 1 aliphatic heterocycles. The van der Waals surface area contributed by atoms with E-state index in [1.165, 1.54) is 12.1 Å². The number of hydrogen-bond acceptors (Lipinski definition) is 6. The third-order valence-electron chi connectivity index (χ3n) is 5.43. The van der Waals surface area contributed by atoms with Crippen LogP contribution in [0.3, 0.4) is 0 Å². The number of amides is 1. The fraction of sp³-hybridized carbons (Fsp3) is 0.364. The maximum absolute atomic E-state index is 12.9. The summed E-state index contributed by atoms with van der Waals surface area (Å²) in [4.78, 5) is 23.9. The first-order chi connectivity index (χ1) is 16.1. The van der Waals surface area contributed by atoms with Crippen LogP contribution in [0.2, 0.25) is 0 Å². The first-order valence-electron chi connectivity index (χ1n) is 10.3. The van der Waals surface area contributed by atoms with Gasteiger partial charge in [-0.3, -0.25) is 9.69 Å². The second-order valence-corrected chi connectivity index (χ2v) is 7.38. The number of ether oxygens (including phenoxy) is 3. The van der Waals surface area contributed by atoms with Gasteiger partial charge in [0.2, 0.25) is 26.3 Å². The van der Waals surface area contributed by atoms with Crippen LogP contribution in [0.5, 0.6) is 17.2 Å². The molecule has 2 heterocycles. The standard InChI is InChI=1S/C22H23F3N4O4/c23-11-31-19-7-15(8-20(32-12-24)21(19)33-13-25)10-28-3-5-29(6-4-28)22(30)16-1-2-17-18(9-16)27-14-26-17/h1-2,7-9,14H,3-6,10-13H2,(H,26,27). The number of benzene rings is 2. The summed E-state index contributed by atoms with van der Waals surface area (Å²) in [7, 11) is 0. The minimum atomic E-state index is -1.20. The summed E-state index contributed by atoms with van der Waals surface area (Å²) in [6.07, 6.45) is 1.59. The SMILES string of the molecule is O=C(c1ccc2nc[nH]c2c1)N1CCN(Cc2cc(OCF)c(OCF)c(OCF)c2)CC1. The van der Waals surface area contributed by atoms with Gasteiger partial charge in [-0.1, -0.05) is 0 Å². The van der Waals surface area contributed by atoms with Crippen LogP contribution in [0.1, 0.15) is 15.9 Å². The molecule has 1 N–H and O–H groups in total. The van der Waals surface area contributed by atoms with Gasteiger partial charge < -0.3 is 24.1 Å². The number of H-pyrrole nitrogens is 1. The number of piperazine rings is 1. The lowest BCUT2D eigenvalue weighted by Crippen LogP contribution is -2.48. The zero-order valence-electron chi connectivity index (χ0n) is 17.7. The van der Waals surface area contributed by atoms with Crippen LogP contribution < -0.4 is 14.2 Å². The molecule has 1 amide bonds. The number of rotatable bonds is 9. The molecule has 0 saturated carbocycles. The number of aromatic nitrogens is 2. The molecule has 3 aromatic rings. The van der Waals surface area contributed by atoms with E-state index in [1.807, 2.05) is 0 Å². The summed E-state index contributed by atoms with van der Waals surface area (Å²) in [5, 5.41) is 0. The van der Waals surface area contributed by atoms with Crippen molar-refractivity contribution in [1.29, 1.82) is 0 Å². The maximum Gasteiger partial charge on any atom is 0.254 e. The van der Waals surface area contributed by atoms with Crippen LogP contribution in [-0.4, -0.2) is 72.4 Å². The normalized spacial score (nSPS) is 14.5. The second-order valence-electron chi connectivity index (χ2n) is 7.38. The highest BCUT2D eigenvalue weighted by atomic mass is 19.1. The Morgan fingerprint density at radius 3 is 2.24 bits per heavy atom. The van der Waals surface area contributed by atoms with Crippen LogP contribution in [0, 0.1) is 0 Å². The number of imidazole rings is 1. The number of carbonyl (C=O) groups excluding carboxylic acids is 1. The smallest absolute Gasteiger partial charge is 0.254 e. The van der Waals surface area contributed by atoms with Gasteiger partial charge in [0.1, 0.15) is 0 Å². The molecule has 4 rings (SSSR count). The minimum absolute atomic E-state index is 0.0591. The lowest BCUT2D eigenvalue weighted by Gasteiger charge is -2.35. The highest BCUT2D eigenvalue weighted by molar-refractivity contribution is 5.97. The van der Waals surface area contributed by atoms with Crippen molar-refractivity contribution in [3.05, 3.63) is 47.8 Å². The Morgan fingerprint density at radius 2 is 1.61 bits per heavy atom. The number of hydrogen-bond donors (Lipinski definition) is 1. The van der Waals surface area contributed by atoms with Gasteiger partial charge in [0.15, 0.2) is 11.5 Å². The molecular weight excluding hydrogens is 441 g/mol. The van der Waals surface area contributed by atoms with Crippen molar-refractivity contribution in [3.63, 3.8) is 0 Å². The van der Waals surface area contributed by atoms with Crippen molar-refractivity contribution < 1.29 is 32.2 Å². The molecule has 0 unspecified atom stereocenters. The molecule has 176 valence electrons. The molecule has 8 nitrogen and oxygen atoms in total. The molecule has 1 aliphatic rings. The van der Waals surface area contributed by atoms with E-state index in [1.54, 1.807) is 29.4 Å². The second kappa shape index (κ2) is 10.4. The molecule has 0 bridgehead atoms. The Kier molecular flexibility index (Phi) is 7.18. The Labute approximate surface area is 187 Å². The first-order valence-corrected chi connectivity index (χ1v) is 10.3. The van der Waals surface area contributed by atoms with E-state index < -0.39 is 20.6 Å². The molecule has 33 heavy (non-hydrogen) atoms. The third-order valence-corrected chi connectivity index (χ3v) is 5.43. The van der Waals surface area contributed by atoms with Gasteiger partial charge in [-0.2, -0.15) is 0 Å². The molecule has 11 heteroatoms. The number of halogens is 3. The van der Waals surface area contributed by atoms with Crippen LogP contribution in [0.25, 0.3) is 11.0 Å². The van der Waals surface area contributed by atoms with Crippen molar-refractivity contribution in [2.45, 2.75) is 6.54 Å². The van der Waals surface area contributed by atoms with E-state index >= 15 is 0 Å². The van der Waals surface area contributed by atoms with E-state index in [0.717, 1.165) is 11.0 Å². The fourth-order valence-corrected chi connectivity index (χ4v) is 3.87. The number of fused-ring (bicyclic) bond motifs is 1. The van der Waals surface area contributed by atoms with Crippen LogP contribution in [-0.2, 0) is 6.54 Å². The van der Waals surface area contributed by atoms with Crippen LogP contribution in [0.4, 0.5) is 13.2 Å². The molecule has 0 radical (unpaired) electrons. The molecule has 1 aromatic heterocycles. The van der Waals surface area contributed by atoms with Crippen LogP contribution in [0.15, 0.2) is 36.7 Å². The lowest BCUT2D eigenvalue weighted by atomic mass is 10.1. The van der Waals surface area contributed by atoms with Crippen molar-refractivity contribution >= 4 is 16.9 Å². The highest BCUT2D eigenvalue weighted by Crippen LogP contribution is 2.39. The third kappa shape index (κ3) is 5.14. The van der Waals surface area contributed by atoms with E-state index in [4.69, 9.17) is 14.2 Å². The molecular formula is C22H23F3N4O4. The maximum atomic E-state index is 12.9. The largest absolute Gasteiger partial charge is 0.459 e. The highest BCUT2D eigenvalue weighted by Gasteiger charge is 2.24. The molecule has 0 spiro atoms. The van der Waals surface area contributed by atoms with Crippen molar-refractivity contribution in [1.82, 2.24) is 19.8 Å². The molecule has 0 aliphatic carbocycles. The predicted molar refractivity (Wildman–Crippen MR) is 114 cm³/mol. The van der Waals surface area contributed by atoms with Gasteiger partial charge in [0, 0.05) is 38.3 Å². The molecule has 0 atom stereocenters. The summed E-state index contributed by atoms with van der Waals surface area (Å²) in [5.74, 6) is -0.393. The predicted octanol–water partition coefficient (Wildman–Crippen LogP) is 3.44. The van der Waals surface area contributed by atoms with E-state index in [-0.39, 0.29) is 23.2 Å². The summed E-state index contributed by atoms with van der Waals surface area (Å²) in [6.45, 7) is -0.871. The van der Waals surface area contributed by atoms with Gasteiger partial charge in [0.05, 0.1) is 17.4 Å². The zero-order valence-corrected chi connectivity index (χ0v) is 17.7. The van der Waals surface area contributed by atoms with E-state index in [0.29, 0.717) is 43.9 Å². The van der Waals surface area contributed by atoms with E-state index in [2.05, 4.69) is 14.9 Å². The minimum Gasteiger partial charge on any atom is -0.459 e. The van der Waals surface area contributed by atoms with Crippen LogP contribution >= 0.6 is 0 Å². The van der Waals surface area contributed by atoms with Crippen molar-refractivity contribution in [3.8, 4) is 17.2 Å². The average molecular weight is 464 g/mol. The van der Waals surface area contributed by atoms with Gasteiger partial charge in [0.25, 0.3) is 5.91 Å². The van der Waals surface area contributed by atoms with Gasteiger partial charge in [-0.25, -0.2) is 18.2 Å². The Balaban J connectivity index is 1.42. The number of aromatic amines is 1. The Morgan fingerprint density at radius 1 is 0.939 bits per heavy atom. The lowest BCUT2D eigenvalue weighted by molar-refractivity contribution is 0.0628.